The fourth-order valence-corrected chi connectivity index (χ4v) is 12.8. The normalized spacial score (nSPS) is 16.2. The zero-order valence-corrected chi connectivity index (χ0v) is 28.4. The van der Waals surface area contributed by atoms with Gasteiger partial charge in [0, 0.05) is 6.61 Å². The van der Waals surface area contributed by atoms with Crippen molar-refractivity contribution in [2.24, 2.45) is 0 Å². The van der Waals surface area contributed by atoms with Gasteiger partial charge in [-0.05, 0) is 43.2 Å². The summed E-state index contributed by atoms with van der Waals surface area (Å²) in [7, 11) is -4.46. The number of allylic oxidation sites excluding steroid dienone is 4. The maximum Gasteiger partial charge on any atom is 3.00 e. The van der Waals surface area contributed by atoms with E-state index in [4.69, 9.17) is 4.43 Å². The third-order valence-electron chi connectivity index (χ3n) is 7.35. The van der Waals surface area contributed by atoms with Crippen molar-refractivity contribution in [3.63, 3.8) is 0 Å². The van der Waals surface area contributed by atoms with Crippen LogP contribution in [-0.4, -0.2) is 31.1 Å². The van der Waals surface area contributed by atoms with Crippen LogP contribution in [0, 0.1) is 0 Å². The summed E-state index contributed by atoms with van der Waals surface area (Å²) < 4.78 is 6.26. The largest absolute Gasteiger partial charge is 3.00 e. The molecule has 1 radical (unpaired) electrons. The van der Waals surface area contributed by atoms with E-state index in [2.05, 4.69) is 94.4 Å². The van der Waals surface area contributed by atoms with E-state index >= 15 is 0 Å². The zero-order valence-electron chi connectivity index (χ0n) is 21.4. The third kappa shape index (κ3) is 5.14. The zero-order chi connectivity index (χ0) is 22.2. The predicted molar refractivity (Wildman–Crippen MR) is 146 cm³/mol. The van der Waals surface area contributed by atoms with Crippen molar-refractivity contribution in [2.45, 2.75) is 58.3 Å². The SMILES string of the molecule is C[Si](C)(C)OCC[Si](C)(C)C1=C(c2cc3c([cH-]c4ccccc43)c3c2[Si]3(C)C)CC=C1.[Cl-].[Cl-].[Zr+3]. The first-order valence-electron chi connectivity index (χ1n) is 11.7. The maximum atomic E-state index is 6.26. The molecule has 0 bridgehead atoms. The van der Waals surface area contributed by atoms with E-state index in [9.17, 15) is 0 Å². The molecule has 1 nitrogen and oxygen atoms in total. The van der Waals surface area contributed by atoms with Gasteiger partial charge in [0.2, 0.25) is 0 Å². The van der Waals surface area contributed by atoms with Gasteiger partial charge in [-0.3, -0.25) is 0 Å². The molecule has 1 heterocycles. The van der Waals surface area contributed by atoms with Crippen molar-refractivity contribution in [1.82, 2.24) is 0 Å². The molecule has 3 aromatic carbocycles. The number of benzene rings is 2. The van der Waals surface area contributed by atoms with Gasteiger partial charge in [-0.1, -0.05) is 73.0 Å². The monoisotopic (exact) mass is 619 g/mol. The van der Waals surface area contributed by atoms with Crippen LogP contribution < -0.4 is 35.2 Å². The summed E-state index contributed by atoms with van der Waals surface area (Å²) in [6.07, 6.45) is 5.98. The van der Waals surface area contributed by atoms with Crippen LogP contribution in [0.1, 0.15) is 12.0 Å². The van der Waals surface area contributed by atoms with E-state index in [1.54, 1.807) is 26.7 Å². The van der Waals surface area contributed by atoms with Gasteiger partial charge in [0.05, 0.1) is 16.1 Å². The molecule has 1 aliphatic carbocycles. The minimum absolute atomic E-state index is 0. The summed E-state index contributed by atoms with van der Waals surface area (Å²) in [6, 6.07) is 15.2. The van der Waals surface area contributed by atoms with Gasteiger partial charge in [-0.2, -0.15) is 0 Å². The molecule has 0 saturated heterocycles. The average molecular weight is 622 g/mol. The van der Waals surface area contributed by atoms with Crippen LogP contribution in [0.2, 0.25) is 51.9 Å². The molecule has 0 atom stereocenters. The molecule has 5 rings (SSSR count). The Morgan fingerprint density at radius 3 is 2.32 bits per heavy atom. The summed E-state index contributed by atoms with van der Waals surface area (Å²) >= 11 is 0. The molecule has 0 fully saturated rings. The van der Waals surface area contributed by atoms with Crippen molar-refractivity contribution >= 4 is 62.0 Å². The number of hydrogen-bond donors (Lipinski definition) is 0. The van der Waals surface area contributed by atoms with E-state index in [1.165, 1.54) is 27.6 Å². The van der Waals surface area contributed by atoms with Gasteiger partial charge in [0.15, 0.2) is 8.32 Å². The Labute approximate surface area is 239 Å². The van der Waals surface area contributed by atoms with Gasteiger partial charge < -0.3 is 29.2 Å². The van der Waals surface area contributed by atoms with E-state index in [1.807, 2.05) is 0 Å². The van der Waals surface area contributed by atoms with Crippen LogP contribution in [0.5, 0.6) is 0 Å². The van der Waals surface area contributed by atoms with Crippen LogP contribution >= 0.6 is 0 Å². The minimum atomic E-state index is -1.56. The second-order valence-corrected chi connectivity index (χ2v) is 25.2. The Kier molecular flexibility index (Phi) is 9.13. The first-order chi connectivity index (χ1) is 14.5. The molecular weight excluding hydrogens is 587 g/mol. The van der Waals surface area contributed by atoms with Gasteiger partial charge in [0.1, 0.15) is 0 Å². The summed E-state index contributed by atoms with van der Waals surface area (Å²) in [4.78, 5) is 0. The van der Waals surface area contributed by atoms with E-state index < -0.39 is 24.5 Å². The average Bonchev–Trinajstić information content (AvgIpc) is 3.07. The smallest absolute Gasteiger partial charge is 1.00 e. The van der Waals surface area contributed by atoms with Crippen LogP contribution in [0.3, 0.4) is 0 Å². The van der Waals surface area contributed by atoms with Gasteiger partial charge in [0.25, 0.3) is 0 Å². The molecule has 2 aliphatic rings. The van der Waals surface area contributed by atoms with Crippen molar-refractivity contribution in [3.8, 4) is 0 Å². The van der Waals surface area contributed by atoms with E-state index in [0.29, 0.717) is 0 Å². The molecule has 7 heteroatoms. The Morgan fingerprint density at radius 1 is 0.971 bits per heavy atom. The molecule has 34 heavy (non-hydrogen) atoms. The topological polar surface area (TPSA) is 9.23 Å². The minimum Gasteiger partial charge on any atom is -1.00 e. The van der Waals surface area contributed by atoms with Crippen LogP contribution in [0.15, 0.2) is 53.7 Å². The van der Waals surface area contributed by atoms with Crippen molar-refractivity contribution in [2.75, 3.05) is 6.61 Å². The van der Waals surface area contributed by atoms with E-state index in [0.717, 1.165) is 13.0 Å². The molecule has 1 aliphatic heterocycles. The number of hydrogen-bond acceptors (Lipinski definition) is 1. The van der Waals surface area contributed by atoms with Crippen LogP contribution in [0.4, 0.5) is 0 Å². The molecule has 0 amide bonds. The summed E-state index contributed by atoms with van der Waals surface area (Å²) in [5.41, 5.74) is 3.22. The molecule has 179 valence electrons. The third-order valence-corrected chi connectivity index (χ3v) is 15.1. The second-order valence-electron chi connectivity index (χ2n) is 11.6. The molecule has 0 aromatic heterocycles. The standard InChI is InChI=1S/C27H35OSi3.2ClH.Zr/c1-29(2,3)28-15-16-30(4,5)25-14-10-13-21(25)24-18-22-20-12-9-8-11-19(20)17-23(22)26-27(24)31(26,6)7;;;/h8-12,14,17-18H,13,15-16H2,1-7H3;2*1H;/q-1;;;+3/p-2. The molecule has 0 saturated carbocycles. The van der Waals surface area contributed by atoms with Crippen molar-refractivity contribution in [3.05, 3.63) is 59.3 Å². The number of fused-ring (bicyclic) bond motifs is 5. The van der Waals surface area contributed by atoms with Crippen molar-refractivity contribution in [1.29, 1.82) is 0 Å². The quantitative estimate of drug-likeness (QED) is 0.291. The van der Waals surface area contributed by atoms with Crippen LogP contribution in [0.25, 0.3) is 27.1 Å². The first-order valence-corrected chi connectivity index (χ1v) is 21.3. The maximum absolute atomic E-state index is 6.26. The summed E-state index contributed by atoms with van der Waals surface area (Å²) in [6.45, 7) is 18.0. The Hall–Kier alpha value is -0.136. The Morgan fingerprint density at radius 2 is 1.65 bits per heavy atom. The first kappa shape index (κ1) is 30.1. The second kappa shape index (κ2) is 10.3. The van der Waals surface area contributed by atoms with Gasteiger partial charge >= 0.3 is 26.2 Å². The number of halogens is 2. The molecular formula is C27H35Cl2OSi3Zr. The van der Waals surface area contributed by atoms with Gasteiger partial charge in [-0.15, -0.1) is 38.9 Å². The molecule has 0 spiro atoms. The van der Waals surface area contributed by atoms with Gasteiger partial charge in [-0.25, -0.2) is 0 Å². The molecule has 3 aromatic rings. The fourth-order valence-electron chi connectivity index (χ4n) is 5.62. The van der Waals surface area contributed by atoms with Crippen LogP contribution in [-0.2, 0) is 30.6 Å². The molecule has 0 N–H and O–H groups in total. The van der Waals surface area contributed by atoms with E-state index in [-0.39, 0.29) is 51.0 Å². The number of rotatable bonds is 6. The molecule has 0 unspecified atom stereocenters. The predicted octanol–water partition coefficient (Wildman–Crippen LogP) is 0.666. The summed E-state index contributed by atoms with van der Waals surface area (Å²) in [5.74, 6) is 0. The van der Waals surface area contributed by atoms with Crippen molar-refractivity contribution < 1.29 is 55.4 Å². The Balaban J connectivity index is 0.00000136. The summed E-state index contributed by atoms with van der Waals surface area (Å²) in [5, 5.41) is 10.9. The Bertz CT molecular complexity index is 1280. The fraction of sp³-hybridized carbons (Fsp3) is 0.370.